The van der Waals surface area contributed by atoms with Crippen molar-refractivity contribution in [2.45, 2.75) is 18.7 Å². The molecule has 9 heteroatoms. The third-order valence-electron chi connectivity index (χ3n) is 3.73. The van der Waals surface area contributed by atoms with E-state index in [1.54, 1.807) is 19.9 Å². The molecule has 0 fully saturated rings. The summed E-state index contributed by atoms with van der Waals surface area (Å²) in [7, 11) is -3.82. The Balaban J connectivity index is 2.41. The van der Waals surface area contributed by atoms with Crippen molar-refractivity contribution in [2.75, 3.05) is 18.4 Å². The second-order valence-corrected chi connectivity index (χ2v) is 8.01. The molecule has 140 valence electrons. The number of rotatable bonds is 6. The number of carbonyl (C=O) groups is 1. The molecule has 2 rings (SSSR count). The van der Waals surface area contributed by atoms with Crippen LogP contribution < -0.4 is 5.32 Å². The van der Waals surface area contributed by atoms with Crippen LogP contribution in [0.3, 0.4) is 0 Å². The van der Waals surface area contributed by atoms with Crippen LogP contribution in [0.5, 0.6) is 0 Å². The lowest BCUT2D eigenvalue weighted by Gasteiger charge is -2.19. The highest BCUT2D eigenvalue weighted by atomic mass is 35.5. The highest BCUT2D eigenvalue weighted by Gasteiger charge is 2.24. The van der Waals surface area contributed by atoms with E-state index in [1.807, 2.05) is 0 Å². The standard InChI is InChI=1S/C17H17Cl2FN2O3S/c1-3-22(4-2)26(24,25)11-8-9-14(20)12(10-11)17(23)21-15-7-5-6-13(18)16(15)19/h5-10H,3-4H2,1-2H3,(H,21,23). The average molecular weight is 419 g/mol. The molecule has 0 heterocycles. The minimum atomic E-state index is -3.82. The van der Waals surface area contributed by atoms with E-state index in [-0.39, 0.29) is 33.7 Å². The normalized spacial score (nSPS) is 11.6. The zero-order chi connectivity index (χ0) is 19.5. The van der Waals surface area contributed by atoms with Crippen LogP contribution in [0, 0.1) is 5.82 Å². The average Bonchev–Trinajstić information content (AvgIpc) is 2.60. The fourth-order valence-corrected chi connectivity index (χ4v) is 4.17. The first-order valence-electron chi connectivity index (χ1n) is 7.77. The van der Waals surface area contributed by atoms with Gasteiger partial charge in [-0.3, -0.25) is 4.79 Å². The molecule has 1 amide bonds. The molecule has 0 spiro atoms. The van der Waals surface area contributed by atoms with Crippen LogP contribution in [0.15, 0.2) is 41.3 Å². The monoisotopic (exact) mass is 418 g/mol. The minimum absolute atomic E-state index is 0.106. The summed E-state index contributed by atoms with van der Waals surface area (Å²) in [6.45, 7) is 3.91. The molecular weight excluding hydrogens is 402 g/mol. The summed E-state index contributed by atoms with van der Waals surface area (Å²) in [5, 5.41) is 2.77. The van der Waals surface area contributed by atoms with Gasteiger partial charge in [-0.1, -0.05) is 43.1 Å². The Bertz CT molecular complexity index is 932. The summed E-state index contributed by atoms with van der Waals surface area (Å²) in [4.78, 5) is 12.3. The van der Waals surface area contributed by atoms with Gasteiger partial charge in [0.1, 0.15) is 5.82 Å². The lowest BCUT2D eigenvalue weighted by Crippen LogP contribution is -2.31. The lowest BCUT2D eigenvalue weighted by atomic mass is 10.2. The zero-order valence-corrected chi connectivity index (χ0v) is 16.4. The molecule has 0 aromatic heterocycles. The van der Waals surface area contributed by atoms with Gasteiger partial charge >= 0.3 is 0 Å². The van der Waals surface area contributed by atoms with Crippen molar-refractivity contribution in [1.82, 2.24) is 4.31 Å². The number of amides is 1. The van der Waals surface area contributed by atoms with E-state index in [9.17, 15) is 17.6 Å². The first-order valence-corrected chi connectivity index (χ1v) is 9.97. The number of nitrogens with zero attached hydrogens (tertiary/aromatic N) is 1. The second kappa shape index (κ2) is 8.35. The van der Waals surface area contributed by atoms with E-state index in [1.165, 1.54) is 16.4 Å². The molecule has 2 aromatic rings. The molecule has 26 heavy (non-hydrogen) atoms. The van der Waals surface area contributed by atoms with Crippen LogP contribution in [0.25, 0.3) is 0 Å². The number of nitrogens with one attached hydrogen (secondary N) is 1. The Morgan fingerprint density at radius 1 is 1.15 bits per heavy atom. The van der Waals surface area contributed by atoms with Crippen LogP contribution in [-0.4, -0.2) is 31.7 Å². The molecule has 1 N–H and O–H groups in total. The number of sulfonamides is 1. The van der Waals surface area contributed by atoms with Gasteiger partial charge in [-0.2, -0.15) is 4.31 Å². The predicted molar refractivity (Wildman–Crippen MR) is 101 cm³/mol. The fraction of sp³-hybridized carbons (Fsp3) is 0.235. The maximum absolute atomic E-state index is 14.1. The van der Waals surface area contributed by atoms with Crippen molar-refractivity contribution in [3.63, 3.8) is 0 Å². The van der Waals surface area contributed by atoms with Gasteiger partial charge in [0, 0.05) is 13.1 Å². The van der Waals surface area contributed by atoms with E-state index in [0.29, 0.717) is 0 Å². The van der Waals surface area contributed by atoms with Crippen molar-refractivity contribution in [1.29, 1.82) is 0 Å². The van der Waals surface area contributed by atoms with Gasteiger partial charge in [0.15, 0.2) is 0 Å². The van der Waals surface area contributed by atoms with Crippen molar-refractivity contribution in [3.05, 3.63) is 57.8 Å². The predicted octanol–water partition coefficient (Wildman–Crippen LogP) is 4.42. The Morgan fingerprint density at radius 2 is 1.81 bits per heavy atom. The largest absolute Gasteiger partial charge is 0.320 e. The number of carbonyl (C=O) groups excluding carboxylic acids is 1. The van der Waals surface area contributed by atoms with Gasteiger partial charge in [0.2, 0.25) is 10.0 Å². The molecule has 0 radical (unpaired) electrons. The van der Waals surface area contributed by atoms with Crippen LogP contribution in [0.1, 0.15) is 24.2 Å². The van der Waals surface area contributed by atoms with Crippen molar-refractivity contribution < 1.29 is 17.6 Å². The SMILES string of the molecule is CCN(CC)S(=O)(=O)c1ccc(F)c(C(=O)Nc2cccc(Cl)c2Cl)c1. The Morgan fingerprint density at radius 3 is 2.42 bits per heavy atom. The molecule has 0 aliphatic heterocycles. The summed E-state index contributed by atoms with van der Waals surface area (Å²) in [6, 6.07) is 7.70. The van der Waals surface area contributed by atoms with Crippen molar-refractivity contribution in [3.8, 4) is 0 Å². The zero-order valence-electron chi connectivity index (χ0n) is 14.1. The van der Waals surface area contributed by atoms with E-state index < -0.39 is 27.3 Å². The van der Waals surface area contributed by atoms with Crippen molar-refractivity contribution >= 4 is 44.8 Å². The number of hydrogen-bond acceptors (Lipinski definition) is 3. The molecule has 0 saturated heterocycles. The molecular formula is C17H17Cl2FN2O3S. The summed E-state index contributed by atoms with van der Waals surface area (Å²) in [6.07, 6.45) is 0. The highest BCUT2D eigenvalue weighted by Crippen LogP contribution is 2.30. The van der Waals surface area contributed by atoms with E-state index >= 15 is 0 Å². The quantitative estimate of drug-likeness (QED) is 0.754. The summed E-state index contributed by atoms with van der Waals surface area (Å²) < 4.78 is 40.5. The first-order chi connectivity index (χ1) is 12.2. The van der Waals surface area contributed by atoms with Crippen molar-refractivity contribution in [2.24, 2.45) is 0 Å². The Kier molecular flexibility index (Phi) is 6.63. The van der Waals surface area contributed by atoms with Crippen LogP contribution in [0.4, 0.5) is 10.1 Å². The number of hydrogen-bond donors (Lipinski definition) is 1. The maximum atomic E-state index is 14.1. The first kappa shape index (κ1) is 20.6. The topological polar surface area (TPSA) is 66.5 Å². The molecule has 0 bridgehead atoms. The van der Waals surface area contributed by atoms with Crippen LogP contribution >= 0.6 is 23.2 Å². The van der Waals surface area contributed by atoms with E-state index in [4.69, 9.17) is 23.2 Å². The van der Waals surface area contributed by atoms with Gasteiger partial charge in [-0.15, -0.1) is 0 Å². The third-order valence-corrected chi connectivity index (χ3v) is 6.59. The molecule has 0 aliphatic carbocycles. The number of anilines is 1. The van der Waals surface area contributed by atoms with E-state index in [2.05, 4.69) is 5.32 Å². The second-order valence-electron chi connectivity index (χ2n) is 5.29. The minimum Gasteiger partial charge on any atom is -0.320 e. The molecule has 2 aromatic carbocycles. The maximum Gasteiger partial charge on any atom is 0.258 e. The Hall–Kier alpha value is -1.67. The van der Waals surface area contributed by atoms with Crippen LogP contribution in [-0.2, 0) is 10.0 Å². The highest BCUT2D eigenvalue weighted by molar-refractivity contribution is 7.89. The molecule has 0 saturated carbocycles. The molecule has 5 nitrogen and oxygen atoms in total. The molecule has 0 aliphatic rings. The number of halogens is 3. The van der Waals surface area contributed by atoms with Gasteiger partial charge in [-0.25, -0.2) is 12.8 Å². The van der Waals surface area contributed by atoms with Crippen LogP contribution in [0.2, 0.25) is 10.0 Å². The third kappa shape index (κ3) is 4.17. The van der Waals surface area contributed by atoms with E-state index in [0.717, 1.165) is 18.2 Å². The molecule has 0 unspecified atom stereocenters. The van der Waals surface area contributed by atoms with Gasteiger partial charge < -0.3 is 5.32 Å². The Labute approximate surface area is 161 Å². The van der Waals surface area contributed by atoms with Gasteiger partial charge in [0.25, 0.3) is 5.91 Å². The smallest absolute Gasteiger partial charge is 0.258 e. The molecule has 0 atom stereocenters. The fourth-order valence-electron chi connectivity index (χ4n) is 2.34. The lowest BCUT2D eigenvalue weighted by molar-refractivity contribution is 0.102. The van der Waals surface area contributed by atoms with Gasteiger partial charge in [-0.05, 0) is 30.3 Å². The number of benzene rings is 2. The summed E-state index contributed by atoms with van der Waals surface area (Å²) >= 11 is 11.9. The van der Waals surface area contributed by atoms with Gasteiger partial charge in [0.05, 0.1) is 26.2 Å². The summed E-state index contributed by atoms with van der Waals surface area (Å²) in [5.41, 5.74) is -0.213. The summed E-state index contributed by atoms with van der Waals surface area (Å²) in [5.74, 6) is -1.68.